The van der Waals surface area contributed by atoms with Gasteiger partial charge in [-0.05, 0) is 30.7 Å². The molecule has 0 aliphatic heterocycles. The average Bonchev–Trinajstić information content (AvgIpc) is 2.95. The maximum atomic E-state index is 6.02. The van der Waals surface area contributed by atoms with Crippen LogP contribution in [0, 0.1) is 0 Å². The van der Waals surface area contributed by atoms with Crippen molar-refractivity contribution in [3.8, 4) is 5.75 Å². The fourth-order valence-corrected chi connectivity index (χ4v) is 2.16. The van der Waals surface area contributed by atoms with Gasteiger partial charge in [-0.2, -0.15) is 5.10 Å². The largest absolute Gasteiger partial charge is 0.494 e. The number of hydrogen-bond acceptors (Lipinski definition) is 4. The molecule has 5 heteroatoms. The molecule has 1 aromatic heterocycles. The molecule has 0 aliphatic carbocycles. The summed E-state index contributed by atoms with van der Waals surface area (Å²) in [5.74, 6) is 0.899. The number of ether oxygens (including phenoxy) is 1. The van der Waals surface area contributed by atoms with Crippen LogP contribution >= 0.6 is 0 Å². The first-order valence-electron chi connectivity index (χ1n) is 6.97. The van der Waals surface area contributed by atoms with Gasteiger partial charge in [-0.1, -0.05) is 18.2 Å². The number of nitrogens with zero attached hydrogens (tertiary/aromatic N) is 1. The Morgan fingerprint density at radius 2 is 2.05 bits per heavy atom. The molecule has 3 rings (SSSR count). The minimum Gasteiger partial charge on any atom is -0.494 e. The number of benzene rings is 2. The molecule has 0 unspecified atom stereocenters. The molecule has 0 fully saturated rings. The van der Waals surface area contributed by atoms with Crippen LogP contribution in [0.25, 0.3) is 10.9 Å². The van der Waals surface area contributed by atoms with E-state index in [1.165, 1.54) is 0 Å². The van der Waals surface area contributed by atoms with Gasteiger partial charge in [-0.15, -0.1) is 0 Å². The molecule has 0 radical (unpaired) electrons. The highest BCUT2D eigenvalue weighted by molar-refractivity contribution is 5.88. The van der Waals surface area contributed by atoms with Crippen molar-refractivity contribution in [2.24, 2.45) is 0 Å². The Morgan fingerprint density at radius 3 is 2.90 bits per heavy atom. The summed E-state index contributed by atoms with van der Waals surface area (Å²) in [6, 6.07) is 13.7. The van der Waals surface area contributed by atoms with Crippen LogP contribution in [0.1, 0.15) is 6.42 Å². The van der Waals surface area contributed by atoms with E-state index in [1.807, 2.05) is 42.5 Å². The maximum Gasteiger partial charge on any atom is 0.119 e. The second kappa shape index (κ2) is 6.17. The summed E-state index contributed by atoms with van der Waals surface area (Å²) in [4.78, 5) is 0. The third kappa shape index (κ3) is 3.25. The van der Waals surface area contributed by atoms with Crippen molar-refractivity contribution in [1.29, 1.82) is 0 Å². The fraction of sp³-hybridized carbons (Fsp3) is 0.188. The second-order valence-electron chi connectivity index (χ2n) is 4.84. The van der Waals surface area contributed by atoms with Crippen LogP contribution in [0.15, 0.2) is 48.7 Å². The van der Waals surface area contributed by atoms with Gasteiger partial charge in [0.1, 0.15) is 5.75 Å². The van der Waals surface area contributed by atoms with Crippen molar-refractivity contribution in [2.45, 2.75) is 6.42 Å². The number of hydrogen-bond donors (Lipinski definition) is 3. The minimum atomic E-state index is 0.670. The van der Waals surface area contributed by atoms with E-state index in [0.717, 1.165) is 41.0 Å². The van der Waals surface area contributed by atoms with E-state index in [1.54, 1.807) is 6.20 Å². The highest BCUT2D eigenvalue weighted by Crippen LogP contribution is 2.24. The number of H-pyrrole nitrogens is 1. The maximum absolute atomic E-state index is 6.02. The van der Waals surface area contributed by atoms with Gasteiger partial charge in [0.25, 0.3) is 0 Å². The van der Waals surface area contributed by atoms with E-state index in [4.69, 9.17) is 10.5 Å². The Kier molecular flexibility index (Phi) is 3.91. The smallest absolute Gasteiger partial charge is 0.119 e. The summed E-state index contributed by atoms with van der Waals surface area (Å²) in [6.07, 6.45) is 2.67. The molecule has 21 heavy (non-hydrogen) atoms. The first kappa shape index (κ1) is 13.3. The monoisotopic (exact) mass is 282 g/mol. The molecular formula is C16H18N4O. The number of anilines is 2. The SMILES string of the molecule is Nc1cc2cn[nH]c2cc1NCCCOc1ccccc1. The molecule has 0 atom stereocenters. The van der Waals surface area contributed by atoms with Crippen molar-refractivity contribution >= 4 is 22.3 Å². The number of aromatic amines is 1. The number of nitrogen functional groups attached to an aromatic ring is 1. The predicted octanol–water partition coefficient (Wildman–Crippen LogP) is 3.03. The molecule has 4 N–H and O–H groups in total. The van der Waals surface area contributed by atoms with Crippen molar-refractivity contribution in [3.63, 3.8) is 0 Å². The van der Waals surface area contributed by atoms with Crippen LogP contribution in [0.2, 0.25) is 0 Å². The van der Waals surface area contributed by atoms with Gasteiger partial charge in [-0.3, -0.25) is 5.10 Å². The van der Waals surface area contributed by atoms with Crippen molar-refractivity contribution in [3.05, 3.63) is 48.7 Å². The highest BCUT2D eigenvalue weighted by atomic mass is 16.5. The van der Waals surface area contributed by atoms with Gasteiger partial charge in [0.05, 0.1) is 29.7 Å². The first-order chi connectivity index (χ1) is 10.3. The Bertz CT molecular complexity index is 709. The predicted molar refractivity (Wildman–Crippen MR) is 85.5 cm³/mol. The third-order valence-corrected chi connectivity index (χ3v) is 3.26. The lowest BCUT2D eigenvalue weighted by atomic mass is 10.2. The number of aromatic nitrogens is 2. The van der Waals surface area contributed by atoms with Gasteiger partial charge < -0.3 is 15.8 Å². The molecule has 108 valence electrons. The van der Waals surface area contributed by atoms with Crippen molar-refractivity contribution < 1.29 is 4.74 Å². The van der Waals surface area contributed by atoms with Crippen LogP contribution in [0.3, 0.4) is 0 Å². The van der Waals surface area contributed by atoms with Crippen LogP contribution in [-0.4, -0.2) is 23.3 Å². The normalized spacial score (nSPS) is 10.7. The summed E-state index contributed by atoms with van der Waals surface area (Å²) in [5, 5.41) is 11.3. The molecule has 2 aromatic carbocycles. The molecule has 0 saturated heterocycles. The lowest BCUT2D eigenvalue weighted by molar-refractivity contribution is 0.315. The first-order valence-corrected chi connectivity index (χ1v) is 6.97. The van der Waals surface area contributed by atoms with E-state index in [0.29, 0.717) is 6.61 Å². The molecular weight excluding hydrogens is 264 g/mol. The Morgan fingerprint density at radius 1 is 1.19 bits per heavy atom. The van der Waals surface area contributed by atoms with Crippen LogP contribution in [0.5, 0.6) is 5.75 Å². The molecule has 3 aromatic rings. The second-order valence-corrected chi connectivity index (χ2v) is 4.84. The molecule has 0 amide bonds. The number of nitrogens with two attached hydrogens (primary N) is 1. The van der Waals surface area contributed by atoms with Gasteiger partial charge in [0, 0.05) is 11.9 Å². The topological polar surface area (TPSA) is 76.0 Å². The summed E-state index contributed by atoms with van der Waals surface area (Å²) in [7, 11) is 0. The van der Waals surface area contributed by atoms with Crippen molar-refractivity contribution in [1.82, 2.24) is 10.2 Å². The zero-order chi connectivity index (χ0) is 14.5. The van der Waals surface area contributed by atoms with E-state index < -0.39 is 0 Å². The highest BCUT2D eigenvalue weighted by Gasteiger charge is 2.03. The number of nitrogens with one attached hydrogen (secondary N) is 2. The molecule has 0 bridgehead atoms. The quantitative estimate of drug-likeness (QED) is 0.480. The van der Waals surface area contributed by atoms with E-state index in [9.17, 15) is 0 Å². The van der Waals surface area contributed by atoms with Crippen molar-refractivity contribution in [2.75, 3.05) is 24.2 Å². The lowest BCUT2D eigenvalue weighted by Crippen LogP contribution is -2.08. The molecule has 0 spiro atoms. The van der Waals surface area contributed by atoms with E-state index in [-0.39, 0.29) is 0 Å². The zero-order valence-corrected chi connectivity index (χ0v) is 11.7. The van der Waals surface area contributed by atoms with Gasteiger partial charge in [-0.25, -0.2) is 0 Å². The minimum absolute atomic E-state index is 0.670. The van der Waals surface area contributed by atoms with Crippen LogP contribution in [-0.2, 0) is 0 Å². The summed E-state index contributed by atoms with van der Waals surface area (Å²) < 4.78 is 5.64. The average molecular weight is 282 g/mol. The Balaban J connectivity index is 1.49. The van der Waals surface area contributed by atoms with Gasteiger partial charge >= 0.3 is 0 Å². The summed E-state index contributed by atoms with van der Waals surface area (Å²) >= 11 is 0. The van der Waals surface area contributed by atoms with E-state index in [2.05, 4.69) is 15.5 Å². The molecule has 1 heterocycles. The van der Waals surface area contributed by atoms with Crippen LogP contribution < -0.4 is 15.8 Å². The number of para-hydroxylation sites is 1. The number of fused-ring (bicyclic) bond motifs is 1. The molecule has 0 aliphatic rings. The summed E-state index contributed by atoms with van der Waals surface area (Å²) in [6.45, 7) is 1.47. The van der Waals surface area contributed by atoms with E-state index >= 15 is 0 Å². The Hall–Kier alpha value is -2.69. The van der Waals surface area contributed by atoms with Gasteiger partial charge in [0.15, 0.2) is 0 Å². The molecule has 0 saturated carbocycles. The number of rotatable bonds is 6. The third-order valence-electron chi connectivity index (χ3n) is 3.26. The van der Waals surface area contributed by atoms with Crippen LogP contribution in [0.4, 0.5) is 11.4 Å². The standard InChI is InChI=1S/C16H18N4O/c17-14-9-12-11-19-20-15(12)10-16(14)18-7-4-8-21-13-5-2-1-3-6-13/h1-3,5-6,9-11,18H,4,7-8,17H2,(H,19,20). The lowest BCUT2D eigenvalue weighted by Gasteiger charge is -2.10. The zero-order valence-electron chi connectivity index (χ0n) is 11.7. The Labute approximate surface area is 123 Å². The fourth-order valence-electron chi connectivity index (χ4n) is 2.16. The summed E-state index contributed by atoms with van der Waals surface area (Å²) in [5.41, 5.74) is 8.65. The van der Waals surface area contributed by atoms with Gasteiger partial charge in [0.2, 0.25) is 0 Å². The molecule has 5 nitrogen and oxygen atoms in total.